The van der Waals surface area contributed by atoms with Crippen molar-refractivity contribution in [3.05, 3.63) is 17.7 Å². The molecule has 0 saturated carbocycles. The Bertz CT molecular complexity index is 585. The number of methoxy groups -OCH3 is 3. The van der Waals surface area contributed by atoms with Crippen molar-refractivity contribution in [3.63, 3.8) is 0 Å². The normalized spacial score (nSPS) is 11.8. The van der Waals surface area contributed by atoms with E-state index >= 15 is 0 Å². The summed E-state index contributed by atoms with van der Waals surface area (Å²) in [7, 11) is 4.55. The third-order valence-electron chi connectivity index (χ3n) is 3.66. The van der Waals surface area contributed by atoms with E-state index < -0.39 is 12.0 Å². The van der Waals surface area contributed by atoms with E-state index in [0.717, 1.165) is 5.56 Å². The van der Waals surface area contributed by atoms with Gasteiger partial charge < -0.3 is 24.6 Å². The number of carbonyl (C=O) groups excluding carboxylic acids is 1. The first-order valence-electron chi connectivity index (χ1n) is 7.65. The number of nitrogens with one attached hydrogen (secondary N) is 1. The van der Waals surface area contributed by atoms with Crippen LogP contribution in [0.1, 0.15) is 25.8 Å². The van der Waals surface area contributed by atoms with Gasteiger partial charge in [0.15, 0.2) is 11.5 Å². The topological polar surface area (TPSA) is 94.1 Å². The highest BCUT2D eigenvalue weighted by molar-refractivity contribution is 5.83. The molecule has 24 heavy (non-hydrogen) atoms. The Balaban J connectivity index is 2.83. The number of hydrogen-bond acceptors (Lipinski definition) is 5. The van der Waals surface area contributed by atoms with Crippen molar-refractivity contribution >= 4 is 11.9 Å². The van der Waals surface area contributed by atoms with Gasteiger partial charge in [0, 0.05) is 6.42 Å². The zero-order valence-corrected chi connectivity index (χ0v) is 14.7. The van der Waals surface area contributed by atoms with Gasteiger partial charge >= 0.3 is 5.97 Å². The van der Waals surface area contributed by atoms with Crippen LogP contribution in [0.3, 0.4) is 0 Å². The largest absolute Gasteiger partial charge is 0.493 e. The van der Waals surface area contributed by atoms with Crippen molar-refractivity contribution in [1.82, 2.24) is 5.32 Å². The van der Waals surface area contributed by atoms with Crippen LogP contribution in [0.15, 0.2) is 12.1 Å². The number of benzene rings is 1. The number of aliphatic carboxylic acids is 1. The number of carboxylic acids is 1. The number of carbonyl (C=O) groups is 2. The molecule has 0 aliphatic heterocycles. The number of carboxylic acid groups (broad SMARTS) is 1. The second kappa shape index (κ2) is 9.00. The van der Waals surface area contributed by atoms with Crippen LogP contribution in [0, 0.1) is 5.92 Å². The zero-order chi connectivity index (χ0) is 18.3. The highest BCUT2D eigenvalue weighted by atomic mass is 16.5. The van der Waals surface area contributed by atoms with Gasteiger partial charge in [-0.05, 0) is 24.0 Å². The average molecular weight is 339 g/mol. The molecule has 0 radical (unpaired) electrons. The summed E-state index contributed by atoms with van der Waals surface area (Å²) in [5, 5.41) is 11.7. The van der Waals surface area contributed by atoms with Gasteiger partial charge in [-0.25, -0.2) is 4.79 Å². The van der Waals surface area contributed by atoms with E-state index in [9.17, 15) is 9.59 Å². The molecule has 0 fully saturated rings. The minimum atomic E-state index is -1.04. The Labute approximate surface area is 141 Å². The van der Waals surface area contributed by atoms with Crippen molar-refractivity contribution in [1.29, 1.82) is 0 Å². The summed E-state index contributed by atoms with van der Waals surface area (Å²) in [6.45, 7) is 3.49. The lowest BCUT2D eigenvalue weighted by molar-refractivity contribution is -0.143. The molecule has 1 atom stereocenters. The van der Waals surface area contributed by atoms with Gasteiger partial charge in [0.25, 0.3) is 0 Å². The quantitative estimate of drug-likeness (QED) is 0.713. The molecule has 0 aromatic heterocycles. The van der Waals surface area contributed by atoms with Gasteiger partial charge in [0.05, 0.1) is 21.3 Å². The summed E-state index contributed by atoms with van der Waals surface area (Å²) >= 11 is 0. The SMILES string of the molecule is COc1ccc(CCC(=O)N[C@H](C(=O)O)C(C)C)c(OC)c1OC. The first-order chi connectivity index (χ1) is 11.3. The van der Waals surface area contributed by atoms with Gasteiger partial charge in [-0.15, -0.1) is 0 Å². The lowest BCUT2D eigenvalue weighted by Gasteiger charge is -2.18. The van der Waals surface area contributed by atoms with E-state index in [1.54, 1.807) is 26.0 Å². The molecule has 134 valence electrons. The molecule has 0 aliphatic rings. The van der Waals surface area contributed by atoms with E-state index in [2.05, 4.69) is 5.32 Å². The van der Waals surface area contributed by atoms with E-state index in [-0.39, 0.29) is 18.2 Å². The summed E-state index contributed by atoms with van der Waals surface area (Å²) in [6, 6.07) is 2.64. The first-order valence-corrected chi connectivity index (χ1v) is 7.65. The molecule has 1 amide bonds. The first kappa shape index (κ1) is 19.6. The summed E-state index contributed by atoms with van der Waals surface area (Å²) in [5.41, 5.74) is 0.779. The fourth-order valence-electron chi connectivity index (χ4n) is 2.37. The van der Waals surface area contributed by atoms with Crippen molar-refractivity contribution in [2.24, 2.45) is 5.92 Å². The molecule has 1 aromatic rings. The van der Waals surface area contributed by atoms with Gasteiger partial charge in [-0.3, -0.25) is 4.79 Å². The molecule has 0 saturated heterocycles. The highest BCUT2D eigenvalue weighted by Gasteiger charge is 2.23. The van der Waals surface area contributed by atoms with Crippen LogP contribution in [-0.4, -0.2) is 44.4 Å². The van der Waals surface area contributed by atoms with Crippen LogP contribution < -0.4 is 19.5 Å². The maximum atomic E-state index is 12.0. The summed E-state index contributed by atoms with van der Waals surface area (Å²) in [6.07, 6.45) is 0.530. The summed E-state index contributed by atoms with van der Waals surface area (Å²) in [4.78, 5) is 23.2. The fraction of sp³-hybridized carbons (Fsp3) is 0.529. The Morgan fingerprint density at radius 2 is 1.71 bits per heavy atom. The standard InChI is InChI=1S/C17H25NO6/c1-10(2)14(17(20)21)18-13(19)9-7-11-6-8-12(22-3)16(24-5)15(11)23-4/h6,8,10,14H,7,9H2,1-5H3,(H,18,19)(H,20,21)/t14-/m0/s1. The number of aryl methyl sites for hydroxylation is 1. The molecule has 0 heterocycles. The molecule has 1 rings (SSSR count). The lowest BCUT2D eigenvalue weighted by Crippen LogP contribution is -2.44. The third kappa shape index (κ3) is 4.78. The van der Waals surface area contributed by atoms with E-state index in [1.807, 2.05) is 0 Å². The summed E-state index contributed by atoms with van der Waals surface area (Å²) in [5.74, 6) is -0.0582. The minimum absolute atomic E-state index is 0.141. The van der Waals surface area contributed by atoms with Crippen LogP contribution in [0.4, 0.5) is 0 Å². The van der Waals surface area contributed by atoms with Gasteiger partial charge in [-0.1, -0.05) is 19.9 Å². The minimum Gasteiger partial charge on any atom is -0.493 e. The van der Waals surface area contributed by atoms with Crippen LogP contribution in [0.2, 0.25) is 0 Å². The van der Waals surface area contributed by atoms with Crippen LogP contribution in [0.5, 0.6) is 17.2 Å². The molecule has 1 aromatic carbocycles. The van der Waals surface area contributed by atoms with Crippen LogP contribution >= 0.6 is 0 Å². The molecule has 0 bridgehead atoms. The highest BCUT2D eigenvalue weighted by Crippen LogP contribution is 2.40. The number of amides is 1. The Morgan fingerprint density at radius 3 is 2.17 bits per heavy atom. The number of hydrogen-bond donors (Lipinski definition) is 2. The van der Waals surface area contributed by atoms with Gasteiger partial charge in [0.1, 0.15) is 6.04 Å². The average Bonchev–Trinajstić information content (AvgIpc) is 2.55. The molecular weight excluding hydrogens is 314 g/mol. The predicted octanol–water partition coefficient (Wildman–Crippen LogP) is 1.87. The second-order valence-corrected chi connectivity index (χ2v) is 5.62. The molecule has 7 heteroatoms. The second-order valence-electron chi connectivity index (χ2n) is 5.62. The lowest BCUT2D eigenvalue weighted by atomic mass is 10.0. The van der Waals surface area contributed by atoms with Gasteiger partial charge in [0.2, 0.25) is 11.7 Å². The molecule has 7 nitrogen and oxygen atoms in total. The predicted molar refractivity (Wildman–Crippen MR) is 88.8 cm³/mol. The number of ether oxygens (including phenoxy) is 3. The van der Waals surface area contributed by atoms with E-state index in [0.29, 0.717) is 23.7 Å². The molecule has 0 spiro atoms. The van der Waals surface area contributed by atoms with E-state index in [4.69, 9.17) is 19.3 Å². The van der Waals surface area contributed by atoms with Crippen LogP contribution in [0.25, 0.3) is 0 Å². The van der Waals surface area contributed by atoms with Crippen molar-refractivity contribution in [2.75, 3.05) is 21.3 Å². The molecular formula is C17H25NO6. The number of rotatable bonds is 9. The van der Waals surface area contributed by atoms with Gasteiger partial charge in [-0.2, -0.15) is 0 Å². The Kier molecular flexibility index (Phi) is 7.35. The smallest absolute Gasteiger partial charge is 0.326 e. The van der Waals surface area contributed by atoms with Crippen molar-refractivity contribution in [2.45, 2.75) is 32.7 Å². The zero-order valence-electron chi connectivity index (χ0n) is 14.7. The fourth-order valence-corrected chi connectivity index (χ4v) is 2.37. The molecule has 0 aliphatic carbocycles. The van der Waals surface area contributed by atoms with Crippen LogP contribution in [-0.2, 0) is 16.0 Å². The Morgan fingerprint density at radius 1 is 1.08 bits per heavy atom. The maximum Gasteiger partial charge on any atom is 0.326 e. The monoisotopic (exact) mass is 339 g/mol. The maximum absolute atomic E-state index is 12.0. The Hall–Kier alpha value is -2.44. The summed E-state index contributed by atoms with van der Waals surface area (Å²) < 4.78 is 15.9. The molecule has 2 N–H and O–H groups in total. The molecule has 0 unspecified atom stereocenters. The van der Waals surface area contributed by atoms with Crippen molar-refractivity contribution < 1.29 is 28.9 Å². The van der Waals surface area contributed by atoms with Crippen molar-refractivity contribution in [3.8, 4) is 17.2 Å². The third-order valence-corrected chi connectivity index (χ3v) is 3.66. The van der Waals surface area contributed by atoms with E-state index in [1.165, 1.54) is 21.3 Å².